The molecule has 0 unspecified atom stereocenters. The third-order valence-electron chi connectivity index (χ3n) is 3.29. The molecule has 0 heterocycles. The molecule has 23 heavy (non-hydrogen) atoms. The van der Waals surface area contributed by atoms with E-state index in [4.69, 9.17) is 0 Å². The van der Waals surface area contributed by atoms with Crippen molar-refractivity contribution in [3.63, 3.8) is 0 Å². The summed E-state index contributed by atoms with van der Waals surface area (Å²) in [7, 11) is 3.84. The molecule has 0 atom stereocenters. The van der Waals surface area contributed by atoms with Crippen molar-refractivity contribution < 1.29 is 10.2 Å². The predicted octanol–water partition coefficient (Wildman–Crippen LogP) is 2.70. The Hall–Kier alpha value is -2.82. The van der Waals surface area contributed by atoms with Crippen LogP contribution in [0.15, 0.2) is 52.4 Å². The standard InChI is InChI=1S/C18H21N3O2/c1-21(2)16-8-7-15(18(23)11-16)13-20-10-9-19-12-14-5-3-4-6-17(14)22/h3-8,11-13,22-23H,9-10H2,1-2H3. The SMILES string of the molecule is CN(C)c1ccc(C=NCCN=Cc2ccccc2O)c(O)c1. The first-order valence-electron chi connectivity index (χ1n) is 7.36. The van der Waals surface area contributed by atoms with Crippen molar-refractivity contribution in [2.24, 2.45) is 9.98 Å². The van der Waals surface area contributed by atoms with Gasteiger partial charge in [0.15, 0.2) is 0 Å². The van der Waals surface area contributed by atoms with Gasteiger partial charge in [0.25, 0.3) is 0 Å². The number of phenols is 2. The van der Waals surface area contributed by atoms with Crippen LogP contribution in [-0.4, -0.2) is 49.8 Å². The van der Waals surface area contributed by atoms with Crippen LogP contribution in [0.4, 0.5) is 5.69 Å². The summed E-state index contributed by atoms with van der Waals surface area (Å²) in [6.45, 7) is 1.03. The van der Waals surface area contributed by atoms with Gasteiger partial charge in [-0.2, -0.15) is 0 Å². The zero-order valence-electron chi connectivity index (χ0n) is 13.3. The smallest absolute Gasteiger partial charge is 0.126 e. The number of aliphatic imine (C=N–C) groups is 2. The Morgan fingerprint density at radius 3 is 2.04 bits per heavy atom. The van der Waals surface area contributed by atoms with E-state index >= 15 is 0 Å². The molecule has 0 saturated heterocycles. The topological polar surface area (TPSA) is 68.4 Å². The van der Waals surface area contributed by atoms with E-state index in [1.165, 1.54) is 0 Å². The maximum atomic E-state index is 9.95. The van der Waals surface area contributed by atoms with E-state index in [2.05, 4.69) is 9.98 Å². The monoisotopic (exact) mass is 311 g/mol. The summed E-state index contributed by atoms with van der Waals surface area (Å²) in [5.74, 6) is 0.420. The molecule has 0 saturated carbocycles. The fourth-order valence-corrected chi connectivity index (χ4v) is 1.96. The lowest BCUT2D eigenvalue weighted by molar-refractivity contribution is 0.474. The second-order valence-corrected chi connectivity index (χ2v) is 5.27. The molecule has 5 heteroatoms. The van der Waals surface area contributed by atoms with Gasteiger partial charge in [-0.1, -0.05) is 12.1 Å². The highest BCUT2D eigenvalue weighted by molar-refractivity contribution is 5.84. The summed E-state index contributed by atoms with van der Waals surface area (Å²) in [4.78, 5) is 10.4. The normalized spacial score (nSPS) is 11.4. The van der Waals surface area contributed by atoms with Crippen LogP contribution in [0.1, 0.15) is 11.1 Å². The number of hydrogen-bond acceptors (Lipinski definition) is 5. The third-order valence-corrected chi connectivity index (χ3v) is 3.29. The van der Waals surface area contributed by atoms with Crippen molar-refractivity contribution in [1.29, 1.82) is 0 Å². The molecule has 5 nitrogen and oxygen atoms in total. The average molecular weight is 311 g/mol. The van der Waals surface area contributed by atoms with Crippen molar-refractivity contribution in [3.05, 3.63) is 53.6 Å². The minimum absolute atomic E-state index is 0.206. The zero-order chi connectivity index (χ0) is 16.7. The summed E-state index contributed by atoms with van der Waals surface area (Å²) >= 11 is 0. The number of hydrogen-bond donors (Lipinski definition) is 2. The summed E-state index contributed by atoms with van der Waals surface area (Å²) in [6.07, 6.45) is 3.28. The van der Waals surface area contributed by atoms with Crippen LogP contribution in [0.2, 0.25) is 0 Å². The van der Waals surface area contributed by atoms with E-state index in [1.807, 2.05) is 37.2 Å². The van der Waals surface area contributed by atoms with E-state index in [0.717, 1.165) is 5.69 Å². The maximum Gasteiger partial charge on any atom is 0.126 e. The van der Waals surface area contributed by atoms with Gasteiger partial charge in [0, 0.05) is 49.4 Å². The Balaban J connectivity index is 1.87. The molecule has 120 valence electrons. The van der Waals surface area contributed by atoms with E-state index in [0.29, 0.717) is 24.2 Å². The first-order valence-corrected chi connectivity index (χ1v) is 7.36. The highest BCUT2D eigenvalue weighted by Crippen LogP contribution is 2.22. The summed E-state index contributed by atoms with van der Waals surface area (Å²) in [5, 5.41) is 19.5. The van der Waals surface area contributed by atoms with Gasteiger partial charge in [-0.25, -0.2) is 0 Å². The molecule has 0 amide bonds. The van der Waals surface area contributed by atoms with Crippen LogP contribution in [0.25, 0.3) is 0 Å². The van der Waals surface area contributed by atoms with E-state index in [9.17, 15) is 10.2 Å². The van der Waals surface area contributed by atoms with Crippen LogP contribution in [0.5, 0.6) is 11.5 Å². The van der Waals surface area contributed by atoms with Gasteiger partial charge in [-0.05, 0) is 24.3 Å². The Morgan fingerprint density at radius 1 is 0.870 bits per heavy atom. The minimum Gasteiger partial charge on any atom is -0.507 e. The summed E-state index contributed by atoms with van der Waals surface area (Å²) < 4.78 is 0. The van der Waals surface area contributed by atoms with Crippen LogP contribution in [0, 0.1) is 0 Å². The molecule has 2 rings (SSSR count). The van der Waals surface area contributed by atoms with Gasteiger partial charge < -0.3 is 15.1 Å². The lowest BCUT2D eigenvalue weighted by Crippen LogP contribution is -2.08. The second kappa shape index (κ2) is 7.98. The first-order chi connectivity index (χ1) is 11.1. The first kappa shape index (κ1) is 16.5. The zero-order valence-corrected chi connectivity index (χ0v) is 13.3. The van der Waals surface area contributed by atoms with Crippen LogP contribution >= 0.6 is 0 Å². The average Bonchev–Trinajstić information content (AvgIpc) is 2.53. The molecule has 0 aromatic heterocycles. The molecule has 2 aromatic carbocycles. The fourth-order valence-electron chi connectivity index (χ4n) is 1.96. The molecule has 0 spiro atoms. The molecule has 2 N–H and O–H groups in total. The summed E-state index contributed by atoms with van der Waals surface area (Å²) in [5.41, 5.74) is 2.31. The maximum absolute atomic E-state index is 9.95. The summed E-state index contributed by atoms with van der Waals surface area (Å²) in [6, 6.07) is 12.5. The van der Waals surface area contributed by atoms with Crippen molar-refractivity contribution in [2.75, 3.05) is 32.1 Å². The number of para-hydroxylation sites is 1. The number of anilines is 1. The lowest BCUT2D eigenvalue weighted by Gasteiger charge is -2.12. The molecule has 2 aromatic rings. The number of phenolic OH excluding ortho intramolecular Hbond substituents is 2. The van der Waals surface area contributed by atoms with Crippen LogP contribution in [0.3, 0.4) is 0 Å². The van der Waals surface area contributed by atoms with Gasteiger partial charge >= 0.3 is 0 Å². The van der Waals surface area contributed by atoms with Gasteiger partial charge in [-0.3, -0.25) is 9.98 Å². The number of rotatable bonds is 6. The largest absolute Gasteiger partial charge is 0.507 e. The van der Waals surface area contributed by atoms with Crippen molar-refractivity contribution in [1.82, 2.24) is 0 Å². The van der Waals surface area contributed by atoms with Crippen molar-refractivity contribution in [3.8, 4) is 11.5 Å². The molecule has 0 aliphatic carbocycles. The Kier molecular flexibility index (Phi) is 5.74. The second-order valence-electron chi connectivity index (χ2n) is 5.27. The van der Waals surface area contributed by atoms with E-state index in [-0.39, 0.29) is 11.5 Å². The van der Waals surface area contributed by atoms with Gasteiger partial charge in [-0.15, -0.1) is 0 Å². The Labute approximate surface area is 136 Å². The molecular formula is C18H21N3O2. The number of aromatic hydroxyl groups is 2. The van der Waals surface area contributed by atoms with Gasteiger partial charge in [0.05, 0.1) is 13.1 Å². The Bertz CT molecular complexity index is 709. The minimum atomic E-state index is 0.206. The molecule has 0 fully saturated rings. The Morgan fingerprint density at radius 2 is 1.48 bits per heavy atom. The predicted molar refractivity (Wildman–Crippen MR) is 95.5 cm³/mol. The molecule has 0 aliphatic heterocycles. The van der Waals surface area contributed by atoms with Crippen molar-refractivity contribution in [2.45, 2.75) is 0 Å². The molecule has 0 radical (unpaired) electrons. The van der Waals surface area contributed by atoms with Crippen LogP contribution in [-0.2, 0) is 0 Å². The van der Waals surface area contributed by atoms with E-state index in [1.54, 1.807) is 36.7 Å². The number of benzene rings is 2. The van der Waals surface area contributed by atoms with Gasteiger partial charge in [0.2, 0.25) is 0 Å². The molecule has 0 bridgehead atoms. The van der Waals surface area contributed by atoms with Crippen molar-refractivity contribution >= 4 is 18.1 Å². The number of nitrogens with zero attached hydrogens (tertiary/aromatic N) is 3. The highest BCUT2D eigenvalue weighted by atomic mass is 16.3. The molecule has 0 aliphatic rings. The molecular weight excluding hydrogens is 290 g/mol. The lowest BCUT2D eigenvalue weighted by atomic mass is 10.2. The van der Waals surface area contributed by atoms with Crippen LogP contribution < -0.4 is 4.90 Å². The quantitative estimate of drug-likeness (QED) is 0.636. The fraction of sp³-hybridized carbons (Fsp3) is 0.222. The third kappa shape index (κ3) is 4.85. The van der Waals surface area contributed by atoms with E-state index < -0.39 is 0 Å². The highest BCUT2D eigenvalue weighted by Gasteiger charge is 2.01. The van der Waals surface area contributed by atoms with Gasteiger partial charge in [0.1, 0.15) is 11.5 Å².